The molecule has 4 rings (SSSR count). The van der Waals surface area contributed by atoms with E-state index < -0.39 is 5.56 Å². The molecule has 2 heterocycles. The molecule has 7 nitrogen and oxygen atoms in total. The first-order valence-corrected chi connectivity index (χ1v) is 10.3. The lowest BCUT2D eigenvalue weighted by Gasteiger charge is -2.11. The van der Waals surface area contributed by atoms with Gasteiger partial charge in [-0.05, 0) is 35.8 Å². The zero-order valence-electron chi connectivity index (χ0n) is 16.5. The lowest BCUT2D eigenvalue weighted by molar-refractivity contribution is -0.114. The second kappa shape index (κ2) is 8.08. The predicted molar refractivity (Wildman–Crippen MR) is 117 cm³/mol. The Hall–Kier alpha value is -3.52. The molecule has 0 saturated heterocycles. The average molecular weight is 420 g/mol. The molecule has 2 aromatic heterocycles. The molecule has 0 saturated carbocycles. The van der Waals surface area contributed by atoms with Gasteiger partial charge in [0.25, 0.3) is 5.56 Å². The van der Waals surface area contributed by atoms with Crippen LogP contribution < -0.4 is 11.3 Å². The third-order valence-electron chi connectivity index (χ3n) is 4.91. The van der Waals surface area contributed by atoms with Gasteiger partial charge in [-0.1, -0.05) is 54.7 Å². The highest BCUT2D eigenvalue weighted by Crippen LogP contribution is 2.31. The van der Waals surface area contributed by atoms with Crippen molar-refractivity contribution in [3.63, 3.8) is 0 Å². The number of hydrogen-bond donors (Lipinski definition) is 1. The molecule has 2 N–H and O–H groups in total. The van der Waals surface area contributed by atoms with Gasteiger partial charge in [-0.25, -0.2) is 0 Å². The van der Waals surface area contributed by atoms with Crippen LogP contribution in [0.3, 0.4) is 0 Å². The summed E-state index contributed by atoms with van der Waals surface area (Å²) in [5, 5.41) is 5.51. The Kier molecular flexibility index (Phi) is 5.33. The molecule has 0 bridgehead atoms. The van der Waals surface area contributed by atoms with Gasteiger partial charge in [-0.2, -0.15) is 14.6 Å². The van der Waals surface area contributed by atoms with E-state index in [2.05, 4.69) is 29.1 Å². The second-order valence-corrected chi connectivity index (χ2v) is 7.76. The summed E-state index contributed by atoms with van der Waals surface area (Å²) in [5.74, 6) is 0.263. The van der Waals surface area contributed by atoms with Gasteiger partial charge in [-0.15, -0.1) is 0 Å². The predicted octanol–water partition coefficient (Wildman–Crippen LogP) is 3.33. The van der Waals surface area contributed by atoms with E-state index in [9.17, 15) is 9.59 Å². The first-order chi connectivity index (χ1) is 14.5. The number of carbonyl (C=O) groups excluding carboxylic acids is 1. The maximum absolute atomic E-state index is 12.6. The Morgan fingerprint density at radius 1 is 1.23 bits per heavy atom. The van der Waals surface area contributed by atoms with E-state index in [-0.39, 0.29) is 28.8 Å². The molecule has 0 amide bonds. The van der Waals surface area contributed by atoms with Crippen LogP contribution in [0, 0.1) is 0 Å². The summed E-state index contributed by atoms with van der Waals surface area (Å²) in [6.45, 7) is 2.09. The van der Waals surface area contributed by atoms with E-state index in [0.717, 1.165) is 17.0 Å². The van der Waals surface area contributed by atoms with Crippen LogP contribution in [-0.4, -0.2) is 27.5 Å². The number of anilines is 1. The molecule has 0 fully saturated rings. The molecule has 1 unspecified atom stereocenters. The molecule has 3 aromatic rings. The maximum atomic E-state index is 12.6. The van der Waals surface area contributed by atoms with Crippen LogP contribution in [-0.2, 0) is 9.53 Å². The van der Waals surface area contributed by atoms with E-state index in [0.29, 0.717) is 10.5 Å². The van der Waals surface area contributed by atoms with Crippen molar-refractivity contribution in [2.75, 3.05) is 12.8 Å². The average Bonchev–Trinajstić information content (AvgIpc) is 3.17. The van der Waals surface area contributed by atoms with E-state index in [1.165, 1.54) is 29.0 Å². The number of hydrogen-bond acceptors (Lipinski definition) is 7. The van der Waals surface area contributed by atoms with Crippen molar-refractivity contribution in [1.29, 1.82) is 0 Å². The molecule has 1 aliphatic rings. The van der Waals surface area contributed by atoms with Crippen molar-refractivity contribution in [3.05, 3.63) is 86.4 Å². The normalized spacial score (nSPS) is 16.1. The number of rotatable bonds is 5. The van der Waals surface area contributed by atoms with Gasteiger partial charge in [0.2, 0.25) is 10.7 Å². The lowest BCUT2D eigenvalue weighted by atomic mass is 9.97. The molecule has 152 valence electrons. The number of ketones is 1. The molecule has 0 radical (unpaired) electrons. The van der Waals surface area contributed by atoms with Crippen molar-refractivity contribution in [3.8, 4) is 0 Å². The fraction of sp³-hybridized carbons (Fsp3) is 0.182. The summed E-state index contributed by atoms with van der Waals surface area (Å²) in [6, 6.07) is 10.1. The van der Waals surface area contributed by atoms with E-state index in [1.807, 2.05) is 18.2 Å². The van der Waals surface area contributed by atoms with Crippen LogP contribution in [0.5, 0.6) is 0 Å². The number of allylic oxidation sites excluding steroid dienone is 4. The zero-order valence-corrected chi connectivity index (χ0v) is 17.3. The number of carbonyl (C=O) groups is 1. The van der Waals surface area contributed by atoms with E-state index >= 15 is 0 Å². The Bertz CT molecular complexity index is 1270. The fourth-order valence-corrected chi connectivity index (χ4v) is 4.46. The number of benzene rings is 1. The molecule has 0 aliphatic heterocycles. The van der Waals surface area contributed by atoms with Crippen LogP contribution in [0.15, 0.2) is 64.7 Å². The topological polar surface area (TPSA) is 99.6 Å². The van der Waals surface area contributed by atoms with Gasteiger partial charge < -0.3 is 10.5 Å². The zero-order chi connectivity index (χ0) is 21.3. The van der Waals surface area contributed by atoms with E-state index in [1.54, 1.807) is 18.2 Å². The minimum absolute atomic E-state index is 0.0914. The monoisotopic (exact) mass is 420 g/mol. The number of fused-ring (bicyclic) bond motifs is 1. The highest BCUT2D eigenvalue weighted by molar-refractivity contribution is 7.16. The van der Waals surface area contributed by atoms with Crippen LogP contribution in [0.4, 0.5) is 5.82 Å². The Morgan fingerprint density at radius 2 is 2.00 bits per heavy atom. The summed E-state index contributed by atoms with van der Waals surface area (Å²) in [6.07, 6.45) is 7.00. The van der Waals surface area contributed by atoms with Crippen molar-refractivity contribution < 1.29 is 9.53 Å². The fourth-order valence-electron chi connectivity index (χ4n) is 3.35. The molecule has 30 heavy (non-hydrogen) atoms. The van der Waals surface area contributed by atoms with Crippen molar-refractivity contribution >= 4 is 34.0 Å². The van der Waals surface area contributed by atoms with Crippen LogP contribution in [0.25, 0.3) is 11.0 Å². The third kappa shape index (κ3) is 3.57. The van der Waals surface area contributed by atoms with Crippen molar-refractivity contribution in [1.82, 2.24) is 14.6 Å². The van der Waals surface area contributed by atoms with Crippen LogP contribution in [0.1, 0.15) is 35.4 Å². The number of methoxy groups -OCH3 is 1. The lowest BCUT2D eigenvalue weighted by Crippen LogP contribution is -2.17. The number of nitrogens with two attached hydrogens (primary N) is 1. The minimum atomic E-state index is -0.444. The number of nitrogens with zero attached hydrogens (tertiary/aromatic N) is 3. The van der Waals surface area contributed by atoms with Crippen molar-refractivity contribution in [2.45, 2.75) is 19.3 Å². The number of aromatic nitrogens is 3. The smallest absolute Gasteiger partial charge is 0.283 e. The van der Waals surface area contributed by atoms with Gasteiger partial charge in [-0.3, -0.25) is 9.59 Å². The molecular formula is C22H20N4O3S. The third-order valence-corrected chi connectivity index (χ3v) is 5.94. The quantitative estimate of drug-likeness (QED) is 0.680. The Balaban J connectivity index is 1.80. The van der Waals surface area contributed by atoms with Crippen LogP contribution >= 0.6 is 11.3 Å². The highest BCUT2D eigenvalue weighted by atomic mass is 32.1. The highest BCUT2D eigenvalue weighted by Gasteiger charge is 2.20. The Morgan fingerprint density at radius 3 is 2.70 bits per heavy atom. The second-order valence-electron chi connectivity index (χ2n) is 6.78. The van der Waals surface area contributed by atoms with E-state index in [4.69, 9.17) is 10.5 Å². The van der Waals surface area contributed by atoms with Gasteiger partial charge in [0.05, 0.1) is 12.7 Å². The summed E-state index contributed by atoms with van der Waals surface area (Å²) in [7, 11) is 1.42. The van der Waals surface area contributed by atoms with Crippen LogP contribution in [0.2, 0.25) is 0 Å². The van der Waals surface area contributed by atoms with Gasteiger partial charge >= 0.3 is 0 Å². The molecule has 1 aliphatic carbocycles. The molecule has 1 aromatic carbocycles. The van der Waals surface area contributed by atoms with Crippen molar-refractivity contribution in [2.24, 2.45) is 0 Å². The number of nitrogen functional groups attached to an aromatic ring is 1. The molecule has 1 atom stereocenters. The summed E-state index contributed by atoms with van der Waals surface area (Å²) in [4.78, 5) is 29.0. The summed E-state index contributed by atoms with van der Waals surface area (Å²) >= 11 is 1.36. The SMILES string of the molecule is CCC(c1ccccc1)c1nn2c(N)c(/C=C3\C=CC(=O)C(OC)=C3)c(=O)nc2s1. The minimum Gasteiger partial charge on any atom is -0.493 e. The summed E-state index contributed by atoms with van der Waals surface area (Å²) < 4.78 is 6.58. The molecule has 0 spiro atoms. The number of ether oxygens (including phenoxy) is 1. The first-order valence-electron chi connectivity index (χ1n) is 9.45. The Labute approximate surface area is 176 Å². The first kappa shape index (κ1) is 19.8. The maximum Gasteiger partial charge on any atom is 0.283 e. The molecular weight excluding hydrogens is 400 g/mol. The van der Waals surface area contributed by atoms with Gasteiger partial charge in [0.1, 0.15) is 10.8 Å². The summed E-state index contributed by atoms with van der Waals surface area (Å²) in [5.41, 5.74) is 7.85. The molecule has 8 heteroatoms. The van der Waals surface area contributed by atoms with Gasteiger partial charge in [0, 0.05) is 5.92 Å². The largest absolute Gasteiger partial charge is 0.493 e. The van der Waals surface area contributed by atoms with Gasteiger partial charge in [0.15, 0.2) is 5.76 Å². The standard InChI is InChI=1S/C22H20N4O3S/c1-3-15(14-7-5-4-6-8-14)21-25-26-19(23)16(20(28)24-22(26)30-21)11-13-9-10-17(27)18(12-13)29-2/h4-12,15H,3,23H2,1-2H3/b13-11+.